The predicted octanol–water partition coefficient (Wildman–Crippen LogP) is 1.03. The molecule has 0 aliphatic carbocycles. The first-order valence-corrected chi connectivity index (χ1v) is 6.71. The molecule has 98 valence electrons. The molecule has 8 heteroatoms. The molecule has 0 saturated heterocycles. The molecule has 0 aromatic heterocycles. The quantitative estimate of drug-likeness (QED) is 0.594. The van der Waals surface area contributed by atoms with E-state index in [1.807, 2.05) is 13.8 Å². The van der Waals surface area contributed by atoms with E-state index in [0.29, 0.717) is 5.71 Å². The van der Waals surface area contributed by atoms with Crippen molar-refractivity contribution in [1.82, 2.24) is 4.31 Å². The molecule has 7 nitrogen and oxygen atoms in total. The second-order valence-electron chi connectivity index (χ2n) is 3.83. The molecule has 0 aliphatic heterocycles. The zero-order chi connectivity index (χ0) is 13.8. The Balaban J connectivity index is 5.48. The molecule has 0 aromatic carbocycles. The van der Waals surface area contributed by atoms with Crippen LogP contribution in [0.1, 0.15) is 20.8 Å². The molecule has 1 N–H and O–H groups in total. The lowest BCUT2D eigenvalue weighted by Gasteiger charge is -2.16. The van der Waals surface area contributed by atoms with Crippen molar-refractivity contribution in [2.45, 2.75) is 20.8 Å². The van der Waals surface area contributed by atoms with Crippen LogP contribution in [0.25, 0.3) is 0 Å². The Bertz CT molecular complexity index is 451. The Morgan fingerprint density at radius 1 is 1.29 bits per heavy atom. The SMILES string of the molecule is CC(=NC(=NC(=O)O)N(C)S(C)(=O)=O)C(C)C. The van der Waals surface area contributed by atoms with E-state index in [1.165, 1.54) is 7.05 Å². The van der Waals surface area contributed by atoms with Crippen LogP contribution < -0.4 is 0 Å². The first-order chi connectivity index (χ1) is 7.55. The Morgan fingerprint density at radius 2 is 1.76 bits per heavy atom. The van der Waals surface area contributed by atoms with E-state index in [1.54, 1.807) is 6.92 Å². The third kappa shape index (κ3) is 5.43. The van der Waals surface area contributed by atoms with E-state index in [2.05, 4.69) is 9.98 Å². The summed E-state index contributed by atoms with van der Waals surface area (Å²) in [6.07, 6.45) is -0.541. The molecule has 0 fully saturated rings. The van der Waals surface area contributed by atoms with Gasteiger partial charge in [-0.2, -0.15) is 0 Å². The van der Waals surface area contributed by atoms with Gasteiger partial charge in [0.1, 0.15) is 0 Å². The number of amides is 1. The van der Waals surface area contributed by atoms with Crippen molar-refractivity contribution in [3.63, 3.8) is 0 Å². The standard InChI is InChI=1S/C9H17N3O4S/c1-6(2)7(3)10-8(11-9(13)14)12(4)17(5,15)16/h6H,1-5H3,(H,13,14). The highest BCUT2D eigenvalue weighted by atomic mass is 32.2. The molecule has 0 rings (SSSR count). The highest BCUT2D eigenvalue weighted by molar-refractivity contribution is 7.88. The lowest BCUT2D eigenvalue weighted by molar-refractivity contribution is 0.205. The van der Waals surface area contributed by atoms with Crippen molar-refractivity contribution in [2.75, 3.05) is 13.3 Å². The first kappa shape index (κ1) is 15.6. The van der Waals surface area contributed by atoms with Crippen LogP contribution in [0.5, 0.6) is 0 Å². The maximum Gasteiger partial charge on any atom is 0.434 e. The van der Waals surface area contributed by atoms with Gasteiger partial charge in [-0.25, -0.2) is 22.5 Å². The number of carboxylic acid groups (broad SMARTS) is 1. The van der Waals surface area contributed by atoms with Gasteiger partial charge < -0.3 is 5.11 Å². The van der Waals surface area contributed by atoms with Crippen LogP contribution in [0, 0.1) is 5.92 Å². The molecule has 17 heavy (non-hydrogen) atoms. The molecule has 0 aromatic rings. The fourth-order valence-corrected chi connectivity index (χ4v) is 1.06. The molecule has 0 saturated carbocycles. The van der Waals surface area contributed by atoms with Crippen molar-refractivity contribution in [1.29, 1.82) is 0 Å². The molecule has 0 spiro atoms. The number of sulfonamides is 1. The maximum atomic E-state index is 11.3. The molecule has 0 aliphatic rings. The summed E-state index contributed by atoms with van der Waals surface area (Å²) in [4.78, 5) is 17.6. The van der Waals surface area contributed by atoms with E-state index in [-0.39, 0.29) is 11.9 Å². The van der Waals surface area contributed by atoms with Crippen LogP contribution in [-0.2, 0) is 10.0 Å². The molecular weight excluding hydrogens is 246 g/mol. The van der Waals surface area contributed by atoms with E-state index < -0.39 is 16.1 Å². The average molecular weight is 263 g/mol. The summed E-state index contributed by atoms with van der Waals surface area (Å²) in [6, 6.07) is 0. The van der Waals surface area contributed by atoms with Crippen LogP contribution in [0.3, 0.4) is 0 Å². The maximum absolute atomic E-state index is 11.3. The van der Waals surface area contributed by atoms with E-state index in [9.17, 15) is 13.2 Å². The molecule has 0 bridgehead atoms. The summed E-state index contributed by atoms with van der Waals surface area (Å²) >= 11 is 0. The fraction of sp³-hybridized carbons (Fsp3) is 0.667. The Kier molecular flexibility index (Phi) is 5.27. The van der Waals surface area contributed by atoms with Gasteiger partial charge in [0.2, 0.25) is 16.0 Å². The minimum Gasteiger partial charge on any atom is -0.463 e. The number of carbonyl (C=O) groups is 1. The van der Waals surface area contributed by atoms with Gasteiger partial charge in [0.05, 0.1) is 6.26 Å². The van der Waals surface area contributed by atoms with Crippen LogP contribution in [0.2, 0.25) is 0 Å². The van der Waals surface area contributed by atoms with Crippen molar-refractivity contribution >= 4 is 27.8 Å². The topological polar surface area (TPSA) is 99.4 Å². The van der Waals surface area contributed by atoms with Crippen LogP contribution in [-0.4, -0.2) is 48.9 Å². The summed E-state index contributed by atoms with van der Waals surface area (Å²) in [5, 5.41) is 8.57. The summed E-state index contributed by atoms with van der Waals surface area (Å²) in [5.41, 5.74) is 0.598. The smallest absolute Gasteiger partial charge is 0.434 e. The van der Waals surface area contributed by atoms with Crippen LogP contribution in [0.15, 0.2) is 9.98 Å². The number of aliphatic imine (C=N–C) groups is 2. The van der Waals surface area contributed by atoms with E-state index >= 15 is 0 Å². The number of rotatable bonds is 2. The second kappa shape index (κ2) is 5.76. The lowest BCUT2D eigenvalue weighted by atomic mass is 10.1. The minimum absolute atomic E-state index is 0.0713. The largest absolute Gasteiger partial charge is 0.463 e. The van der Waals surface area contributed by atoms with Gasteiger partial charge in [0.25, 0.3) is 0 Å². The molecule has 0 atom stereocenters. The zero-order valence-electron chi connectivity index (χ0n) is 10.5. The monoisotopic (exact) mass is 263 g/mol. The summed E-state index contributed by atoms with van der Waals surface area (Å²) < 4.78 is 23.3. The van der Waals surface area contributed by atoms with Gasteiger partial charge in [0, 0.05) is 12.8 Å². The lowest BCUT2D eigenvalue weighted by Crippen LogP contribution is -2.32. The van der Waals surface area contributed by atoms with Gasteiger partial charge in [-0.1, -0.05) is 13.8 Å². The normalized spacial score (nSPS) is 14.0. The third-order valence-electron chi connectivity index (χ3n) is 2.09. The molecule has 0 unspecified atom stereocenters. The van der Waals surface area contributed by atoms with Crippen LogP contribution in [0.4, 0.5) is 4.79 Å². The van der Waals surface area contributed by atoms with Crippen molar-refractivity contribution in [2.24, 2.45) is 15.9 Å². The van der Waals surface area contributed by atoms with Crippen molar-refractivity contribution in [3.05, 3.63) is 0 Å². The van der Waals surface area contributed by atoms with Crippen molar-refractivity contribution in [3.8, 4) is 0 Å². The molecule has 0 heterocycles. The Labute approximate surface area is 101 Å². The Morgan fingerprint density at radius 3 is 2.06 bits per heavy atom. The molecule has 1 amide bonds. The third-order valence-corrected chi connectivity index (χ3v) is 3.24. The van der Waals surface area contributed by atoms with Gasteiger partial charge >= 0.3 is 6.09 Å². The number of hydrogen-bond acceptors (Lipinski definition) is 3. The van der Waals surface area contributed by atoms with Gasteiger partial charge in [0.15, 0.2) is 0 Å². The average Bonchev–Trinajstić information content (AvgIpc) is 2.13. The van der Waals surface area contributed by atoms with Crippen LogP contribution >= 0.6 is 0 Å². The molecular formula is C9H17N3O4S. The number of guanidine groups is 1. The Hall–Kier alpha value is -1.44. The number of hydrogen-bond donors (Lipinski definition) is 1. The second-order valence-corrected chi connectivity index (χ2v) is 5.85. The number of nitrogens with zero attached hydrogens (tertiary/aromatic N) is 3. The van der Waals surface area contributed by atoms with E-state index in [0.717, 1.165) is 10.6 Å². The van der Waals surface area contributed by atoms with Crippen molar-refractivity contribution < 1.29 is 18.3 Å². The van der Waals surface area contributed by atoms with Gasteiger partial charge in [-0.05, 0) is 12.8 Å². The van der Waals surface area contributed by atoms with E-state index in [4.69, 9.17) is 5.11 Å². The summed E-state index contributed by atoms with van der Waals surface area (Å²) in [7, 11) is -2.38. The van der Waals surface area contributed by atoms with Gasteiger partial charge in [-0.15, -0.1) is 4.99 Å². The summed E-state index contributed by atoms with van der Waals surface area (Å²) in [6.45, 7) is 5.40. The first-order valence-electron chi connectivity index (χ1n) is 4.86. The fourth-order valence-electron chi connectivity index (χ4n) is 0.687. The highest BCUT2D eigenvalue weighted by Crippen LogP contribution is 2.03. The zero-order valence-corrected chi connectivity index (χ0v) is 11.3. The molecule has 0 radical (unpaired) electrons. The minimum atomic E-state index is -3.59. The van der Waals surface area contributed by atoms with Gasteiger partial charge in [-0.3, -0.25) is 0 Å². The highest BCUT2D eigenvalue weighted by Gasteiger charge is 2.17. The predicted molar refractivity (Wildman–Crippen MR) is 66.0 cm³/mol. The summed E-state index contributed by atoms with van der Waals surface area (Å²) in [5.74, 6) is -0.284.